The molecule has 4 heteroatoms. The van der Waals surface area contributed by atoms with Gasteiger partial charge in [0.2, 0.25) is 0 Å². The first-order valence-corrected chi connectivity index (χ1v) is 11.9. The highest BCUT2D eigenvalue weighted by molar-refractivity contribution is 7.20. The van der Waals surface area contributed by atoms with Gasteiger partial charge in [0.25, 0.3) is 0 Å². The van der Waals surface area contributed by atoms with Crippen molar-refractivity contribution in [3.63, 3.8) is 0 Å². The van der Waals surface area contributed by atoms with Crippen LogP contribution in [0.15, 0.2) is 97.2 Å². The molecule has 0 radical (unpaired) electrons. The van der Waals surface area contributed by atoms with Crippen molar-refractivity contribution in [3.8, 4) is 5.13 Å². The summed E-state index contributed by atoms with van der Waals surface area (Å²) in [5.41, 5.74) is 6.33. The van der Waals surface area contributed by atoms with E-state index >= 15 is 0 Å². The molecule has 0 aliphatic rings. The number of aryl methyl sites for hydroxylation is 1. The van der Waals surface area contributed by atoms with E-state index < -0.39 is 0 Å². The van der Waals surface area contributed by atoms with Crippen LogP contribution >= 0.6 is 11.3 Å². The average molecular weight is 438 g/mol. The Labute approximate surface area is 193 Å². The second-order valence-corrected chi connectivity index (χ2v) is 9.28. The summed E-state index contributed by atoms with van der Waals surface area (Å²) < 4.78 is 3.49. The molecule has 0 saturated carbocycles. The van der Waals surface area contributed by atoms with Crippen molar-refractivity contribution >= 4 is 21.6 Å². The molecule has 0 unspecified atom stereocenters. The Morgan fingerprint density at radius 1 is 0.812 bits per heavy atom. The maximum Gasteiger partial charge on any atom is 0.194 e. The number of fused-ring (bicyclic) bond motifs is 1. The van der Waals surface area contributed by atoms with Gasteiger partial charge in [-0.25, -0.2) is 4.98 Å². The maximum absolute atomic E-state index is 4.90. The van der Waals surface area contributed by atoms with Crippen molar-refractivity contribution in [2.45, 2.75) is 26.4 Å². The van der Waals surface area contributed by atoms with Gasteiger partial charge in [-0.05, 0) is 54.3 Å². The molecule has 0 atom stereocenters. The van der Waals surface area contributed by atoms with Crippen LogP contribution in [-0.2, 0) is 19.5 Å². The number of benzene rings is 3. The van der Waals surface area contributed by atoms with Crippen LogP contribution in [0.25, 0.3) is 15.3 Å². The van der Waals surface area contributed by atoms with E-state index in [1.807, 2.05) is 0 Å². The summed E-state index contributed by atoms with van der Waals surface area (Å²) >= 11 is 1.76. The predicted octanol–water partition coefficient (Wildman–Crippen LogP) is 6.64. The predicted molar refractivity (Wildman–Crippen MR) is 134 cm³/mol. The van der Waals surface area contributed by atoms with Gasteiger partial charge in [0.15, 0.2) is 5.13 Å². The van der Waals surface area contributed by atoms with Crippen molar-refractivity contribution in [2.75, 3.05) is 6.54 Å². The van der Waals surface area contributed by atoms with Crippen LogP contribution in [0.4, 0.5) is 0 Å². The third kappa shape index (κ3) is 4.82. The molecule has 0 saturated heterocycles. The van der Waals surface area contributed by atoms with Gasteiger partial charge in [-0.3, -0.25) is 9.47 Å². The fourth-order valence-corrected chi connectivity index (χ4v) is 5.15. The molecule has 0 spiro atoms. The molecular weight excluding hydrogens is 410 g/mol. The zero-order valence-corrected chi connectivity index (χ0v) is 19.1. The molecule has 160 valence electrons. The van der Waals surface area contributed by atoms with E-state index in [0.29, 0.717) is 0 Å². The van der Waals surface area contributed by atoms with E-state index in [-0.39, 0.29) is 0 Å². The van der Waals surface area contributed by atoms with Crippen LogP contribution in [-0.4, -0.2) is 21.0 Å². The molecule has 0 aliphatic heterocycles. The van der Waals surface area contributed by atoms with Crippen LogP contribution in [0.2, 0.25) is 0 Å². The molecule has 0 bridgehead atoms. The summed E-state index contributed by atoms with van der Waals surface area (Å²) in [6, 6.07) is 32.3. The van der Waals surface area contributed by atoms with E-state index in [1.165, 1.54) is 27.1 Å². The Balaban J connectivity index is 1.39. The van der Waals surface area contributed by atoms with Gasteiger partial charge in [-0.1, -0.05) is 78.1 Å². The first-order chi connectivity index (χ1) is 15.7. The number of nitrogens with zero attached hydrogens (tertiary/aromatic N) is 3. The van der Waals surface area contributed by atoms with Gasteiger partial charge in [-0.15, -0.1) is 0 Å². The molecule has 5 rings (SSSR count). The molecule has 3 nitrogen and oxygen atoms in total. The minimum absolute atomic E-state index is 0.879. The summed E-state index contributed by atoms with van der Waals surface area (Å²) in [6.07, 6.45) is 3.17. The summed E-state index contributed by atoms with van der Waals surface area (Å²) in [5, 5.41) is 1.04. The monoisotopic (exact) mass is 437 g/mol. The minimum atomic E-state index is 0.879. The van der Waals surface area contributed by atoms with E-state index in [2.05, 4.69) is 114 Å². The minimum Gasteiger partial charge on any atom is -0.296 e. The number of aromatic nitrogens is 2. The third-order valence-electron chi connectivity index (χ3n) is 5.77. The van der Waals surface area contributed by atoms with Crippen molar-refractivity contribution in [1.29, 1.82) is 0 Å². The SMILES string of the molecule is Cc1ccc2nc(-n3cccc3CN(CCc3ccccc3)Cc3ccccc3)sc2c1. The van der Waals surface area contributed by atoms with E-state index in [0.717, 1.165) is 36.7 Å². The van der Waals surface area contributed by atoms with Crippen LogP contribution in [0, 0.1) is 6.92 Å². The van der Waals surface area contributed by atoms with Crippen LogP contribution < -0.4 is 0 Å². The lowest BCUT2D eigenvalue weighted by Gasteiger charge is -2.23. The quantitative estimate of drug-likeness (QED) is 0.271. The number of rotatable bonds is 8. The Bertz CT molecular complexity index is 1290. The molecule has 32 heavy (non-hydrogen) atoms. The molecular formula is C28H27N3S. The number of hydrogen-bond acceptors (Lipinski definition) is 3. The van der Waals surface area contributed by atoms with Gasteiger partial charge in [-0.2, -0.15) is 0 Å². The summed E-state index contributed by atoms with van der Waals surface area (Å²) in [5.74, 6) is 0. The van der Waals surface area contributed by atoms with Crippen LogP contribution in [0.5, 0.6) is 0 Å². The molecule has 0 fully saturated rings. The van der Waals surface area contributed by atoms with Gasteiger partial charge < -0.3 is 0 Å². The fourth-order valence-electron chi connectivity index (χ4n) is 4.07. The normalized spacial score (nSPS) is 11.4. The summed E-state index contributed by atoms with van der Waals surface area (Å²) in [7, 11) is 0. The highest BCUT2D eigenvalue weighted by atomic mass is 32.1. The van der Waals surface area contributed by atoms with Gasteiger partial charge in [0, 0.05) is 31.5 Å². The van der Waals surface area contributed by atoms with Crippen molar-refractivity contribution in [1.82, 2.24) is 14.5 Å². The maximum atomic E-state index is 4.90. The van der Waals surface area contributed by atoms with Crippen molar-refractivity contribution < 1.29 is 0 Å². The Morgan fingerprint density at radius 2 is 1.56 bits per heavy atom. The van der Waals surface area contributed by atoms with Gasteiger partial charge >= 0.3 is 0 Å². The zero-order valence-electron chi connectivity index (χ0n) is 18.3. The number of thiazole rings is 1. The Morgan fingerprint density at radius 3 is 2.34 bits per heavy atom. The van der Waals surface area contributed by atoms with Gasteiger partial charge in [0.1, 0.15) is 0 Å². The summed E-state index contributed by atoms with van der Waals surface area (Å²) in [4.78, 5) is 7.44. The average Bonchev–Trinajstić information content (AvgIpc) is 3.45. The smallest absolute Gasteiger partial charge is 0.194 e. The summed E-state index contributed by atoms with van der Waals surface area (Å²) in [6.45, 7) is 4.94. The molecule has 2 aromatic heterocycles. The first-order valence-electron chi connectivity index (χ1n) is 11.1. The fraction of sp³-hybridized carbons (Fsp3) is 0.179. The highest BCUT2D eigenvalue weighted by Crippen LogP contribution is 2.27. The largest absolute Gasteiger partial charge is 0.296 e. The standard InChI is InChI=1S/C28H27N3S/c1-22-14-15-26-27(19-22)32-28(29-26)31-17-8-13-25(31)21-30(20-24-11-6-3-7-12-24)18-16-23-9-4-2-5-10-23/h2-15,17,19H,16,18,20-21H2,1H3. The highest BCUT2D eigenvalue weighted by Gasteiger charge is 2.14. The Hall–Kier alpha value is -3.21. The lowest BCUT2D eigenvalue weighted by atomic mass is 10.1. The second-order valence-electron chi connectivity index (χ2n) is 8.27. The lowest BCUT2D eigenvalue weighted by Crippen LogP contribution is -2.26. The zero-order chi connectivity index (χ0) is 21.8. The van der Waals surface area contributed by atoms with Crippen LogP contribution in [0.3, 0.4) is 0 Å². The molecule has 0 amide bonds. The van der Waals surface area contributed by atoms with E-state index in [4.69, 9.17) is 4.98 Å². The van der Waals surface area contributed by atoms with Crippen molar-refractivity contribution in [2.24, 2.45) is 0 Å². The number of hydrogen-bond donors (Lipinski definition) is 0. The Kier molecular flexibility index (Phi) is 6.15. The molecule has 5 aromatic rings. The van der Waals surface area contributed by atoms with Gasteiger partial charge in [0.05, 0.1) is 10.2 Å². The van der Waals surface area contributed by atoms with Crippen molar-refractivity contribution in [3.05, 3.63) is 120 Å². The topological polar surface area (TPSA) is 21.1 Å². The van der Waals surface area contributed by atoms with E-state index in [9.17, 15) is 0 Å². The third-order valence-corrected chi connectivity index (χ3v) is 6.78. The van der Waals surface area contributed by atoms with Crippen LogP contribution in [0.1, 0.15) is 22.4 Å². The molecule has 3 aromatic carbocycles. The lowest BCUT2D eigenvalue weighted by molar-refractivity contribution is 0.255. The molecule has 2 heterocycles. The second kappa shape index (κ2) is 9.51. The van der Waals surface area contributed by atoms with E-state index in [1.54, 1.807) is 11.3 Å². The molecule has 0 N–H and O–H groups in total. The first kappa shape index (κ1) is 20.7. The molecule has 0 aliphatic carbocycles.